The van der Waals surface area contributed by atoms with Gasteiger partial charge in [0.05, 0.1) is 14.9 Å². The van der Waals surface area contributed by atoms with Crippen molar-refractivity contribution in [3.63, 3.8) is 0 Å². The Bertz CT molecular complexity index is 605. The molecule has 1 aromatic heterocycles. The summed E-state index contributed by atoms with van der Waals surface area (Å²) in [7, 11) is -3.55. The molecule has 0 atom stereocenters. The molecule has 0 spiro atoms. The van der Waals surface area contributed by atoms with Crippen molar-refractivity contribution in [1.29, 1.82) is 0 Å². The Morgan fingerprint density at radius 1 is 1.52 bits per heavy atom. The molecule has 0 unspecified atom stereocenters. The number of ether oxygens (including phenoxy) is 1. The largest absolute Gasteiger partial charge is 0.480 e. The second kappa shape index (κ2) is 6.93. The fourth-order valence-electron chi connectivity index (χ4n) is 2.01. The van der Waals surface area contributed by atoms with Gasteiger partial charge in [0.2, 0.25) is 0 Å². The van der Waals surface area contributed by atoms with Crippen molar-refractivity contribution >= 4 is 54.9 Å². The van der Waals surface area contributed by atoms with E-state index in [1.54, 1.807) is 0 Å². The molecule has 2 heterocycles. The van der Waals surface area contributed by atoms with Crippen molar-refractivity contribution in [2.75, 3.05) is 19.7 Å². The van der Waals surface area contributed by atoms with Gasteiger partial charge >= 0.3 is 5.97 Å². The Kier molecular flexibility index (Phi) is 5.66. The summed E-state index contributed by atoms with van der Waals surface area (Å²) in [6.07, 6.45) is 0.741. The average Bonchev–Trinajstić information content (AvgIpc) is 2.77. The summed E-state index contributed by atoms with van der Waals surface area (Å²) < 4.78 is 32.2. The van der Waals surface area contributed by atoms with E-state index in [4.69, 9.17) is 21.4 Å². The molecular formula is C11H13BrClNO5S2. The zero-order valence-corrected chi connectivity index (χ0v) is 14.8. The Morgan fingerprint density at radius 3 is 2.62 bits per heavy atom. The van der Waals surface area contributed by atoms with Crippen LogP contribution in [0.2, 0.25) is 5.02 Å². The average molecular weight is 419 g/mol. The van der Waals surface area contributed by atoms with E-state index < -0.39 is 16.0 Å². The molecular weight excluding hydrogens is 406 g/mol. The lowest BCUT2D eigenvalue weighted by atomic mass is 10.1. The molecule has 0 aliphatic carbocycles. The highest BCUT2D eigenvalue weighted by atomic mass is 79.9. The first-order valence-corrected chi connectivity index (χ1v) is 9.52. The number of aliphatic carboxylic acids is 1. The summed E-state index contributed by atoms with van der Waals surface area (Å²) in [5.74, 6) is -1.02. The predicted molar refractivity (Wildman–Crippen MR) is 82.4 cm³/mol. The van der Waals surface area contributed by atoms with Gasteiger partial charge in [0.1, 0.15) is 10.8 Å². The number of carboxylic acids is 1. The third-order valence-corrected chi connectivity index (χ3v) is 7.88. The number of rotatable bonds is 5. The Hall–Kier alpha value is -0.190. The molecule has 0 aromatic carbocycles. The summed E-state index contributed by atoms with van der Waals surface area (Å²) in [6.45, 7) is 0.254. The molecule has 2 rings (SSSR count). The molecule has 0 bridgehead atoms. The first kappa shape index (κ1) is 17.2. The fraction of sp³-hybridized carbons (Fsp3) is 0.545. The van der Waals surface area contributed by atoms with Crippen LogP contribution < -0.4 is 0 Å². The van der Waals surface area contributed by atoms with Crippen LogP contribution in [0.3, 0.4) is 0 Å². The number of piperidine rings is 1. The van der Waals surface area contributed by atoms with Gasteiger partial charge in [0.25, 0.3) is 10.0 Å². The Balaban J connectivity index is 1.99. The summed E-state index contributed by atoms with van der Waals surface area (Å²) in [4.78, 5) is 10.4. The minimum Gasteiger partial charge on any atom is -0.480 e. The summed E-state index contributed by atoms with van der Waals surface area (Å²) in [5, 5.41) is 8.93. The second-order valence-corrected chi connectivity index (χ2v) is 9.44. The van der Waals surface area contributed by atoms with Crippen LogP contribution in [-0.4, -0.2) is 49.6 Å². The summed E-state index contributed by atoms with van der Waals surface area (Å²) in [6, 6.07) is 1.43. The van der Waals surface area contributed by atoms with Crippen molar-refractivity contribution in [2.24, 2.45) is 0 Å². The maximum atomic E-state index is 12.4. The smallest absolute Gasteiger partial charge is 0.329 e. The van der Waals surface area contributed by atoms with Crippen LogP contribution in [0.5, 0.6) is 0 Å². The highest BCUT2D eigenvalue weighted by molar-refractivity contribution is 9.11. The van der Waals surface area contributed by atoms with Gasteiger partial charge in [-0.1, -0.05) is 11.6 Å². The normalized spacial score (nSPS) is 18.0. The molecule has 1 aliphatic rings. The number of carboxylic acid groups (broad SMARTS) is 1. The molecule has 118 valence electrons. The second-order valence-electron chi connectivity index (χ2n) is 4.50. The van der Waals surface area contributed by atoms with Crippen LogP contribution in [0.25, 0.3) is 0 Å². The maximum Gasteiger partial charge on any atom is 0.329 e. The zero-order valence-electron chi connectivity index (χ0n) is 10.8. The van der Waals surface area contributed by atoms with Crippen LogP contribution in [0.1, 0.15) is 12.8 Å². The molecule has 1 aliphatic heterocycles. The van der Waals surface area contributed by atoms with Gasteiger partial charge in [-0.3, -0.25) is 0 Å². The topological polar surface area (TPSA) is 83.9 Å². The van der Waals surface area contributed by atoms with Gasteiger partial charge in [0, 0.05) is 13.1 Å². The number of halogens is 2. The minimum atomic E-state index is -3.55. The standard InChI is InChI=1S/C11H13BrClNO5S2/c12-11-8(13)5-10(20-11)21(17,18)14-3-1-7(2-4-14)19-6-9(15)16/h5,7H,1-4,6H2,(H,15,16). The quantitative estimate of drug-likeness (QED) is 0.794. The van der Waals surface area contributed by atoms with E-state index in [-0.39, 0.29) is 16.9 Å². The summed E-state index contributed by atoms with van der Waals surface area (Å²) in [5.41, 5.74) is 0. The molecule has 0 saturated carbocycles. The molecule has 6 nitrogen and oxygen atoms in total. The number of thiophene rings is 1. The van der Waals surface area contributed by atoms with Crippen LogP contribution in [0.4, 0.5) is 0 Å². The Labute approximate surface area is 139 Å². The van der Waals surface area contributed by atoms with E-state index in [9.17, 15) is 13.2 Å². The van der Waals surface area contributed by atoms with Gasteiger partial charge < -0.3 is 9.84 Å². The lowest BCUT2D eigenvalue weighted by Gasteiger charge is -2.30. The molecule has 1 fully saturated rings. The van der Waals surface area contributed by atoms with E-state index in [0.717, 1.165) is 11.3 Å². The van der Waals surface area contributed by atoms with Crippen molar-refractivity contribution in [1.82, 2.24) is 4.31 Å². The number of carbonyl (C=O) groups is 1. The number of hydrogen-bond acceptors (Lipinski definition) is 5. The molecule has 1 N–H and O–H groups in total. The van der Waals surface area contributed by atoms with Crippen LogP contribution >= 0.6 is 38.9 Å². The van der Waals surface area contributed by atoms with Gasteiger partial charge in [-0.25, -0.2) is 13.2 Å². The van der Waals surface area contributed by atoms with E-state index in [0.29, 0.717) is 34.7 Å². The van der Waals surface area contributed by atoms with Crippen molar-refractivity contribution in [2.45, 2.75) is 23.2 Å². The lowest BCUT2D eigenvalue weighted by molar-refractivity contribution is -0.145. The van der Waals surface area contributed by atoms with Crippen molar-refractivity contribution in [3.8, 4) is 0 Å². The SMILES string of the molecule is O=C(O)COC1CCN(S(=O)(=O)c2cc(Cl)c(Br)s2)CC1. The molecule has 1 aromatic rings. The lowest BCUT2D eigenvalue weighted by Crippen LogP contribution is -2.41. The monoisotopic (exact) mass is 417 g/mol. The predicted octanol–water partition coefficient (Wildman–Crippen LogP) is 2.42. The summed E-state index contributed by atoms with van der Waals surface area (Å²) >= 11 is 10.2. The first-order valence-electron chi connectivity index (χ1n) is 6.09. The molecule has 0 amide bonds. The highest BCUT2D eigenvalue weighted by Crippen LogP contribution is 2.36. The van der Waals surface area contributed by atoms with Crippen molar-refractivity contribution in [3.05, 3.63) is 14.9 Å². The molecule has 0 radical (unpaired) electrons. The van der Waals surface area contributed by atoms with E-state index in [1.807, 2.05) is 0 Å². The van der Waals surface area contributed by atoms with E-state index >= 15 is 0 Å². The van der Waals surface area contributed by atoms with E-state index in [2.05, 4.69) is 15.9 Å². The maximum absolute atomic E-state index is 12.4. The highest BCUT2D eigenvalue weighted by Gasteiger charge is 2.31. The zero-order chi connectivity index (χ0) is 15.6. The van der Waals surface area contributed by atoms with Gasteiger partial charge in [0.15, 0.2) is 0 Å². The van der Waals surface area contributed by atoms with Crippen molar-refractivity contribution < 1.29 is 23.1 Å². The molecule has 10 heteroatoms. The first-order chi connectivity index (χ1) is 9.80. The Morgan fingerprint density at radius 2 is 2.14 bits per heavy atom. The number of sulfonamides is 1. The number of hydrogen-bond donors (Lipinski definition) is 1. The molecule has 1 saturated heterocycles. The van der Waals surface area contributed by atoms with Crippen LogP contribution in [0, 0.1) is 0 Å². The van der Waals surface area contributed by atoms with Gasteiger partial charge in [-0.05, 0) is 34.8 Å². The molecule has 21 heavy (non-hydrogen) atoms. The third kappa shape index (κ3) is 4.17. The van der Waals surface area contributed by atoms with Gasteiger partial charge in [-0.2, -0.15) is 4.31 Å². The fourth-order valence-corrected chi connectivity index (χ4v) is 6.03. The van der Waals surface area contributed by atoms with Crippen LogP contribution in [-0.2, 0) is 19.6 Å². The van der Waals surface area contributed by atoms with Crippen LogP contribution in [0.15, 0.2) is 14.1 Å². The third-order valence-electron chi connectivity index (χ3n) is 3.06. The minimum absolute atomic E-state index is 0.198. The van der Waals surface area contributed by atoms with Gasteiger partial charge in [-0.15, -0.1) is 11.3 Å². The van der Waals surface area contributed by atoms with E-state index in [1.165, 1.54) is 10.4 Å². The number of nitrogens with zero attached hydrogens (tertiary/aromatic N) is 1.